The second kappa shape index (κ2) is 14.4. The van der Waals surface area contributed by atoms with Crippen LogP contribution in [0.4, 0.5) is 10.2 Å². The van der Waals surface area contributed by atoms with Crippen LogP contribution in [0.1, 0.15) is 16.6 Å². The summed E-state index contributed by atoms with van der Waals surface area (Å²) in [5, 5.41) is 19.5. The first-order valence-electron chi connectivity index (χ1n) is 12.4. The Labute approximate surface area is 238 Å². The Balaban J connectivity index is 0.000000277. The van der Waals surface area contributed by atoms with E-state index in [2.05, 4.69) is 35.6 Å². The molecule has 42 heavy (non-hydrogen) atoms. The van der Waals surface area contributed by atoms with Crippen molar-refractivity contribution in [3.05, 3.63) is 103 Å². The Hall–Kier alpha value is -4.53. The van der Waals surface area contributed by atoms with Gasteiger partial charge in [0, 0.05) is 30.4 Å². The van der Waals surface area contributed by atoms with Crippen molar-refractivity contribution in [1.82, 2.24) is 34.9 Å². The smallest absolute Gasteiger partial charge is 0.334 e. The number of halogens is 1. The molecule has 4 atom stereocenters. The first-order chi connectivity index (χ1) is 20.3. The molecule has 1 aliphatic rings. The first kappa shape index (κ1) is 30.4. The summed E-state index contributed by atoms with van der Waals surface area (Å²) in [6, 6.07) is 19.8. The minimum Gasteiger partial charge on any atom is -0.394 e. The van der Waals surface area contributed by atoms with Crippen LogP contribution in [0.25, 0.3) is 11.2 Å². The molecule has 1 aromatic carbocycles. The molecule has 14 nitrogen and oxygen atoms in total. The van der Waals surface area contributed by atoms with Crippen molar-refractivity contribution >= 4 is 30.5 Å². The van der Waals surface area contributed by atoms with Gasteiger partial charge in [0.05, 0.1) is 6.61 Å². The van der Waals surface area contributed by atoms with E-state index in [1.54, 1.807) is 55.1 Å². The van der Waals surface area contributed by atoms with Crippen LogP contribution < -0.4 is 5.32 Å². The van der Waals surface area contributed by atoms with E-state index in [-0.39, 0.29) is 17.0 Å². The highest BCUT2D eigenvalue weighted by Gasteiger charge is 2.55. The van der Waals surface area contributed by atoms with E-state index >= 15 is 0 Å². The largest absolute Gasteiger partial charge is 0.394 e. The fraction of sp³-hybridized carbons (Fsp3) is 0.192. The lowest BCUT2D eigenvalue weighted by Gasteiger charge is -2.18. The number of hydrogen-bond acceptors (Lipinski definition) is 10. The highest BCUT2D eigenvalue weighted by atomic mass is 31.2. The van der Waals surface area contributed by atoms with Crippen LogP contribution in [0.15, 0.2) is 97.8 Å². The van der Waals surface area contributed by atoms with Gasteiger partial charge in [-0.15, -0.1) is 5.10 Å². The first-order valence-corrected chi connectivity index (χ1v) is 14.1. The van der Waals surface area contributed by atoms with E-state index < -0.39 is 44.3 Å². The molecule has 1 amide bonds. The molecular weight excluding hydrogens is 570 g/mol. The third-order valence-corrected chi connectivity index (χ3v) is 7.16. The number of carbonyl (C=O) groups is 1. The highest BCUT2D eigenvalue weighted by molar-refractivity contribution is 7.52. The molecule has 5 aromatic rings. The molecule has 0 bridgehead atoms. The molecule has 4 aromatic heterocycles. The van der Waals surface area contributed by atoms with Gasteiger partial charge in [0.1, 0.15) is 18.1 Å². The lowest BCUT2D eigenvalue weighted by molar-refractivity contribution is -0.0421. The Morgan fingerprint density at radius 3 is 2.02 bits per heavy atom. The highest BCUT2D eigenvalue weighted by Crippen LogP contribution is 2.52. The molecule has 218 valence electrons. The van der Waals surface area contributed by atoms with Gasteiger partial charge in [0.2, 0.25) is 0 Å². The maximum Gasteiger partial charge on any atom is 0.334 e. The summed E-state index contributed by atoms with van der Waals surface area (Å²) in [6.45, 7) is -0.799. The Bertz CT molecular complexity index is 1510. The van der Waals surface area contributed by atoms with Crippen LogP contribution in [0.3, 0.4) is 0 Å². The predicted molar refractivity (Wildman–Crippen MR) is 148 cm³/mol. The number of aliphatic hydroxyl groups excluding tert-OH is 1. The topological polar surface area (TPSA) is 198 Å². The monoisotopic (exact) mass is 596 g/mol. The number of aliphatic hydroxyl groups is 1. The number of fused-ring (bicyclic) bond motifs is 1. The molecule has 0 saturated carbocycles. The van der Waals surface area contributed by atoms with Crippen molar-refractivity contribution in [2.75, 3.05) is 11.9 Å². The van der Waals surface area contributed by atoms with E-state index in [1.807, 2.05) is 36.4 Å². The number of carbonyl (C=O) groups excluding carboxylic acids is 1. The molecule has 0 radical (unpaired) electrons. The molecule has 0 spiro atoms. The van der Waals surface area contributed by atoms with Crippen molar-refractivity contribution in [3.8, 4) is 0 Å². The molecule has 1 fully saturated rings. The van der Waals surface area contributed by atoms with Crippen LogP contribution in [-0.4, -0.2) is 80.3 Å². The fourth-order valence-electron chi connectivity index (χ4n) is 3.88. The van der Waals surface area contributed by atoms with Crippen LogP contribution in [0.2, 0.25) is 0 Å². The zero-order chi connectivity index (χ0) is 30.0. The molecule has 6 rings (SSSR count). The summed E-state index contributed by atoms with van der Waals surface area (Å²) in [6.07, 6.45) is 2.88. The summed E-state index contributed by atoms with van der Waals surface area (Å²) in [7, 11) is -4.92. The lowest BCUT2D eigenvalue weighted by atomic mass is 10.2. The van der Waals surface area contributed by atoms with Crippen LogP contribution in [-0.2, 0) is 9.30 Å². The standard InChI is InChI=1S/C16H16FN6O6P.2C5H5N/c17-10-12(30(26,27)28)9(6-24)29-16(10)23-14-11(21-22-23)13(18-7-19-14)20-15(25)8-4-2-1-3-5-8;2*1-2-4-6-5-3-1/h1-5,7,9-10,12,16,24H,6H2,(H2,26,27,28)(H,18,19,20,25);2*1-5H/t9-,10-,12-,16-;;/m1../s1. The van der Waals surface area contributed by atoms with Crippen LogP contribution >= 0.6 is 7.60 Å². The van der Waals surface area contributed by atoms with Gasteiger partial charge in [-0.25, -0.2) is 14.4 Å². The third kappa shape index (κ3) is 7.60. The van der Waals surface area contributed by atoms with Gasteiger partial charge >= 0.3 is 7.60 Å². The Kier molecular flexibility index (Phi) is 10.4. The zero-order valence-electron chi connectivity index (χ0n) is 21.8. The number of hydrogen-bond donors (Lipinski definition) is 4. The number of aromatic nitrogens is 7. The maximum absolute atomic E-state index is 14.9. The number of benzene rings is 1. The number of anilines is 1. The summed E-state index contributed by atoms with van der Waals surface area (Å²) in [5.41, 5.74) is -1.50. The second-order valence-electron chi connectivity index (χ2n) is 8.57. The number of nitrogens with zero attached hydrogens (tertiary/aromatic N) is 7. The summed E-state index contributed by atoms with van der Waals surface area (Å²) < 4.78 is 32.7. The molecule has 1 saturated heterocycles. The third-order valence-electron chi connectivity index (χ3n) is 5.77. The average Bonchev–Trinajstić information content (AvgIpc) is 3.61. The number of alkyl halides is 1. The molecule has 1 aliphatic heterocycles. The summed E-state index contributed by atoms with van der Waals surface area (Å²) in [5.74, 6) is -0.453. The van der Waals surface area contributed by atoms with Gasteiger partial charge < -0.3 is 24.9 Å². The van der Waals surface area contributed by atoms with Gasteiger partial charge in [-0.3, -0.25) is 19.3 Å². The normalized spacial score (nSPS) is 19.6. The van der Waals surface area contributed by atoms with Gasteiger partial charge in [-0.1, -0.05) is 35.5 Å². The molecular formula is C26H26FN8O6P. The number of rotatable bonds is 5. The van der Waals surface area contributed by atoms with E-state index in [9.17, 15) is 28.6 Å². The molecule has 5 heterocycles. The Morgan fingerprint density at radius 2 is 1.55 bits per heavy atom. The zero-order valence-corrected chi connectivity index (χ0v) is 22.7. The number of nitrogens with one attached hydrogen (secondary N) is 1. The van der Waals surface area contributed by atoms with E-state index in [1.165, 1.54) is 0 Å². The van der Waals surface area contributed by atoms with Crippen LogP contribution in [0, 0.1) is 0 Å². The van der Waals surface area contributed by atoms with E-state index in [0.29, 0.717) is 5.56 Å². The van der Waals surface area contributed by atoms with Gasteiger partial charge in [-0.05, 0) is 36.4 Å². The summed E-state index contributed by atoms with van der Waals surface area (Å²) >= 11 is 0. The molecule has 4 N–H and O–H groups in total. The van der Waals surface area contributed by atoms with Gasteiger partial charge in [-0.2, -0.15) is 4.68 Å². The number of ether oxygens (including phenoxy) is 1. The SMILES string of the molecule is O=C(Nc1ncnc2c1nnn2[C@@H]1O[C@H](CO)[C@@H](P(=O)(O)O)[C@H]1F)c1ccccc1.c1ccncc1.c1ccncc1. The number of pyridine rings is 2. The average molecular weight is 597 g/mol. The Morgan fingerprint density at radius 1 is 0.952 bits per heavy atom. The van der Waals surface area contributed by atoms with E-state index in [4.69, 9.17) is 4.74 Å². The van der Waals surface area contributed by atoms with Crippen molar-refractivity contribution in [3.63, 3.8) is 0 Å². The second-order valence-corrected chi connectivity index (χ2v) is 10.3. The molecule has 0 aliphatic carbocycles. The van der Waals surface area contributed by atoms with Crippen LogP contribution in [0.5, 0.6) is 0 Å². The molecule has 0 unspecified atom stereocenters. The molecule has 16 heteroatoms. The fourth-order valence-corrected chi connectivity index (χ4v) is 4.99. The maximum atomic E-state index is 14.9. The summed E-state index contributed by atoms with van der Waals surface area (Å²) in [4.78, 5) is 46.7. The minimum atomic E-state index is -4.92. The van der Waals surface area contributed by atoms with Crippen molar-refractivity contribution < 1.29 is 33.4 Å². The predicted octanol–water partition coefficient (Wildman–Crippen LogP) is 2.41. The van der Waals surface area contributed by atoms with Crippen molar-refractivity contribution in [1.29, 1.82) is 0 Å². The van der Waals surface area contributed by atoms with Gasteiger partial charge in [0.25, 0.3) is 5.91 Å². The van der Waals surface area contributed by atoms with E-state index in [0.717, 1.165) is 11.0 Å². The lowest BCUT2D eigenvalue weighted by Crippen LogP contribution is -2.31. The van der Waals surface area contributed by atoms with Gasteiger partial charge in [0.15, 0.2) is 29.4 Å². The number of amides is 1. The van der Waals surface area contributed by atoms with Crippen molar-refractivity contribution in [2.24, 2.45) is 0 Å². The quantitative estimate of drug-likeness (QED) is 0.216. The van der Waals surface area contributed by atoms with Crippen molar-refractivity contribution in [2.45, 2.75) is 24.2 Å². The minimum absolute atomic E-state index is 0.0127.